The van der Waals surface area contributed by atoms with Gasteiger partial charge in [0.15, 0.2) is 0 Å². The molecule has 0 bridgehead atoms. The number of carboxylic acids is 2. The highest BCUT2D eigenvalue weighted by molar-refractivity contribution is 5.72. The van der Waals surface area contributed by atoms with E-state index in [-0.39, 0.29) is 13.1 Å². The first kappa shape index (κ1) is 15.4. The number of aliphatic carboxylic acids is 2. The van der Waals surface area contributed by atoms with Crippen LogP contribution in [0.1, 0.15) is 0 Å². The van der Waals surface area contributed by atoms with Gasteiger partial charge in [0.25, 0.3) is 0 Å². The van der Waals surface area contributed by atoms with Crippen molar-refractivity contribution < 1.29 is 24.6 Å². The number of piperazine rings is 1. The Balaban J connectivity index is 2.32. The minimum atomic E-state index is -1.04. The highest BCUT2D eigenvalue weighted by Gasteiger charge is 2.18. The summed E-state index contributed by atoms with van der Waals surface area (Å²) in [6.45, 7) is 3.20. The van der Waals surface area contributed by atoms with Crippen LogP contribution in [0.15, 0.2) is 0 Å². The van der Waals surface area contributed by atoms with E-state index in [1.807, 2.05) is 0 Å². The van der Waals surface area contributed by atoms with Crippen LogP contribution in [0.25, 0.3) is 0 Å². The first-order valence-corrected chi connectivity index (χ1v) is 6.09. The molecule has 1 rings (SSSR count). The van der Waals surface area contributed by atoms with Gasteiger partial charge < -0.3 is 15.1 Å². The molecule has 8 heteroatoms. The molecule has 1 amide bonds. The quantitative estimate of drug-likeness (QED) is 0.505. The predicted octanol–water partition coefficient (Wildman–Crippen LogP) is -1.77. The summed E-state index contributed by atoms with van der Waals surface area (Å²) in [6, 6.07) is 0. The van der Waals surface area contributed by atoms with E-state index in [9.17, 15) is 14.4 Å². The monoisotopic (exact) mass is 273 g/mol. The maximum atomic E-state index is 10.6. The van der Waals surface area contributed by atoms with Crippen LogP contribution in [0.4, 0.5) is 0 Å². The summed E-state index contributed by atoms with van der Waals surface area (Å²) < 4.78 is 0. The third-order valence-electron chi connectivity index (χ3n) is 3.01. The third-order valence-corrected chi connectivity index (χ3v) is 3.01. The molecule has 0 spiro atoms. The molecule has 1 heterocycles. The van der Waals surface area contributed by atoms with Gasteiger partial charge in [-0.25, -0.2) is 0 Å². The zero-order chi connectivity index (χ0) is 14.3. The highest BCUT2D eigenvalue weighted by atomic mass is 16.4. The number of hydrogen-bond acceptors (Lipinski definition) is 5. The van der Waals surface area contributed by atoms with Crippen molar-refractivity contribution in [3.05, 3.63) is 0 Å². The van der Waals surface area contributed by atoms with E-state index in [1.54, 1.807) is 4.90 Å². The van der Waals surface area contributed by atoms with Crippen molar-refractivity contribution in [2.24, 2.45) is 0 Å². The molecule has 1 fully saturated rings. The zero-order valence-corrected chi connectivity index (χ0v) is 10.7. The van der Waals surface area contributed by atoms with Crippen LogP contribution in [-0.4, -0.2) is 95.6 Å². The second-order valence-corrected chi connectivity index (χ2v) is 4.48. The Labute approximate surface area is 111 Å². The van der Waals surface area contributed by atoms with Gasteiger partial charge in [0, 0.05) is 39.3 Å². The first-order valence-electron chi connectivity index (χ1n) is 6.09. The van der Waals surface area contributed by atoms with Gasteiger partial charge in [-0.3, -0.25) is 24.2 Å². The Bertz CT molecular complexity index is 312. The van der Waals surface area contributed by atoms with Gasteiger partial charge in [-0.05, 0) is 0 Å². The van der Waals surface area contributed by atoms with Crippen molar-refractivity contribution in [2.45, 2.75) is 0 Å². The molecule has 0 atom stereocenters. The van der Waals surface area contributed by atoms with E-state index in [0.717, 1.165) is 19.5 Å². The lowest BCUT2D eigenvalue weighted by Crippen LogP contribution is -2.48. The largest absolute Gasteiger partial charge is 0.480 e. The molecule has 0 aliphatic carbocycles. The van der Waals surface area contributed by atoms with E-state index in [1.165, 1.54) is 4.90 Å². The molecular weight excluding hydrogens is 254 g/mol. The minimum Gasteiger partial charge on any atom is -0.480 e. The number of carboxylic acid groups (broad SMARTS) is 2. The zero-order valence-electron chi connectivity index (χ0n) is 10.7. The van der Waals surface area contributed by atoms with Gasteiger partial charge >= 0.3 is 11.9 Å². The van der Waals surface area contributed by atoms with Crippen LogP contribution in [0, 0.1) is 0 Å². The second kappa shape index (κ2) is 7.70. The smallest absolute Gasteiger partial charge is 0.317 e. The molecule has 8 nitrogen and oxygen atoms in total. The fourth-order valence-electron chi connectivity index (χ4n) is 1.97. The number of hydrogen-bond donors (Lipinski definition) is 2. The van der Waals surface area contributed by atoms with E-state index in [4.69, 9.17) is 10.2 Å². The number of nitrogens with zero attached hydrogens (tertiary/aromatic N) is 3. The summed E-state index contributed by atoms with van der Waals surface area (Å²) in [5, 5.41) is 17.4. The molecule has 0 saturated carbocycles. The molecule has 1 saturated heterocycles. The van der Waals surface area contributed by atoms with Crippen LogP contribution >= 0.6 is 0 Å². The maximum absolute atomic E-state index is 10.6. The van der Waals surface area contributed by atoms with Gasteiger partial charge in [0.1, 0.15) is 0 Å². The lowest BCUT2D eigenvalue weighted by molar-refractivity contribution is -0.142. The average molecular weight is 273 g/mol. The van der Waals surface area contributed by atoms with Crippen LogP contribution in [-0.2, 0) is 14.4 Å². The summed E-state index contributed by atoms with van der Waals surface area (Å²) >= 11 is 0. The normalized spacial score (nSPS) is 16.6. The SMILES string of the molecule is O=CN1CCN(CCN(CC(=O)O)CC(=O)O)CC1. The molecule has 0 radical (unpaired) electrons. The first-order chi connectivity index (χ1) is 9.01. The Morgan fingerprint density at radius 2 is 1.58 bits per heavy atom. The fraction of sp³-hybridized carbons (Fsp3) is 0.727. The van der Waals surface area contributed by atoms with Crippen molar-refractivity contribution in [1.82, 2.24) is 14.7 Å². The molecule has 0 unspecified atom stereocenters. The molecule has 108 valence electrons. The van der Waals surface area contributed by atoms with Crippen LogP contribution in [0.2, 0.25) is 0 Å². The molecule has 19 heavy (non-hydrogen) atoms. The number of carbonyl (C=O) groups excluding carboxylic acids is 1. The van der Waals surface area contributed by atoms with E-state index in [2.05, 4.69) is 4.90 Å². The van der Waals surface area contributed by atoms with Crippen molar-refractivity contribution in [3.63, 3.8) is 0 Å². The van der Waals surface area contributed by atoms with Crippen LogP contribution in [0.5, 0.6) is 0 Å². The minimum absolute atomic E-state index is 0.277. The van der Waals surface area contributed by atoms with Crippen molar-refractivity contribution >= 4 is 18.3 Å². The molecule has 1 aliphatic rings. The van der Waals surface area contributed by atoms with Gasteiger partial charge in [0.2, 0.25) is 6.41 Å². The lowest BCUT2D eigenvalue weighted by Gasteiger charge is -2.33. The Kier molecular flexibility index (Phi) is 6.23. The van der Waals surface area contributed by atoms with Crippen molar-refractivity contribution in [2.75, 3.05) is 52.4 Å². The molecule has 0 aromatic rings. The Hall–Kier alpha value is -1.67. The summed E-state index contributed by atoms with van der Waals surface area (Å²) in [5.74, 6) is -2.07. The molecule has 0 aromatic carbocycles. The topological polar surface area (TPSA) is 101 Å². The van der Waals surface area contributed by atoms with Gasteiger partial charge in [0.05, 0.1) is 13.1 Å². The summed E-state index contributed by atoms with van der Waals surface area (Å²) in [4.78, 5) is 37.0. The standard InChI is InChI=1S/C11H19N3O5/c15-9-13-4-1-12(2-5-13)3-6-14(7-10(16)17)8-11(18)19/h9H,1-8H2,(H,16,17)(H,18,19). The number of amides is 1. The third kappa shape index (κ3) is 6.16. The summed E-state index contributed by atoms with van der Waals surface area (Å²) in [5.41, 5.74) is 0. The predicted molar refractivity (Wildman–Crippen MR) is 65.8 cm³/mol. The van der Waals surface area contributed by atoms with Crippen molar-refractivity contribution in [3.8, 4) is 0 Å². The van der Waals surface area contributed by atoms with E-state index < -0.39 is 11.9 Å². The summed E-state index contributed by atoms with van der Waals surface area (Å²) in [7, 11) is 0. The molecule has 2 N–H and O–H groups in total. The average Bonchev–Trinajstić information content (AvgIpc) is 2.35. The summed E-state index contributed by atoms with van der Waals surface area (Å²) in [6.07, 6.45) is 0.818. The Morgan fingerprint density at radius 1 is 1.05 bits per heavy atom. The van der Waals surface area contributed by atoms with E-state index in [0.29, 0.717) is 26.2 Å². The van der Waals surface area contributed by atoms with Crippen molar-refractivity contribution in [1.29, 1.82) is 0 Å². The van der Waals surface area contributed by atoms with Crippen LogP contribution in [0.3, 0.4) is 0 Å². The van der Waals surface area contributed by atoms with Gasteiger partial charge in [-0.15, -0.1) is 0 Å². The van der Waals surface area contributed by atoms with Crippen LogP contribution < -0.4 is 0 Å². The highest BCUT2D eigenvalue weighted by Crippen LogP contribution is 2.00. The molecule has 0 aromatic heterocycles. The fourth-order valence-corrected chi connectivity index (χ4v) is 1.97. The number of carbonyl (C=O) groups is 3. The number of rotatable bonds is 8. The molecule has 1 aliphatic heterocycles. The Morgan fingerprint density at radius 3 is 2.00 bits per heavy atom. The van der Waals surface area contributed by atoms with Gasteiger partial charge in [-0.2, -0.15) is 0 Å². The molecular formula is C11H19N3O5. The van der Waals surface area contributed by atoms with Gasteiger partial charge in [-0.1, -0.05) is 0 Å². The second-order valence-electron chi connectivity index (χ2n) is 4.48. The van der Waals surface area contributed by atoms with E-state index >= 15 is 0 Å². The lowest BCUT2D eigenvalue weighted by atomic mass is 10.3. The maximum Gasteiger partial charge on any atom is 0.317 e.